The van der Waals surface area contributed by atoms with E-state index in [9.17, 15) is 35.1 Å². The van der Waals surface area contributed by atoms with E-state index in [0.29, 0.717) is 0 Å². The van der Waals surface area contributed by atoms with Crippen LogP contribution in [-0.4, -0.2) is 107 Å². The molecule has 0 aliphatic heterocycles. The van der Waals surface area contributed by atoms with E-state index in [1.807, 2.05) is 0 Å². The number of hydrogen-bond acceptors (Lipinski definition) is 14. The molecule has 34 heavy (non-hydrogen) atoms. The van der Waals surface area contributed by atoms with Gasteiger partial charge in [-0.3, -0.25) is 19.6 Å². The Morgan fingerprint density at radius 3 is 1.76 bits per heavy atom. The van der Waals surface area contributed by atoms with Crippen LogP contribution in [0, 0.1) is 0 Å². The Morgan fingerprint density at radius 1 is 0.853 bits per heavy atom. The Labute approximate surface area is 186 Å². The number of H-pyrrole nitrogens is 4. The third-order valence-electron chi connectivity index (χ3n) is 4.89. The minimum atomic E-state index is -2.91. The topological polar surface area (TPSA) is 294 Å². The fourth-order valence-electron chi connectivity index (χ4n) is 3.11. The number of aromatic amines is 4. The molecule has 4 aromatic rings. The van der Waals surface area contributed by atoms with Crippen LogP contribution in [-0.2, 0) is 0 Å². The van der Waals surface area contributed by atoms with E-state index in [-0.39, 0.29) is 22.3 Å². The van der Waals surface area contributed by atoms with E-state index in [0.717, 1.165) is 0 Å². The number of rotatable bonds is 9. The molecule has 12 N–H and O–H groups in total. The van der Waals surface area contributed by atoms with Crippen LogP contribution in [0.3, 0.4) is 0 Å². The molecule has 0 fully saturated rings. The van der Waals surface area contributed by atoms with Gasteiger partial charge in [-0.2, -0.15) is 9.97 Å². The zero-order chi connectivity index (χ0) is 24.6. The molecule has 0 spiro atoms. The van der Waals surface area contributed by atoms with E-state index in [1.165, 1.54) is 12.7 Å². The zero-order valence-corrected chi connectivity index (χ0v) is 17.0. The maximum absolute atomic E-state index is 12.2. The average Bonchev–Trinajstić information content (AvgIpc) is 3.46. The second-order valence-electron chi connectivity index (χ2n) is 7.22. The van der Waals surface area contributed by atoms with Gasteiger partial charge in [0.2, 0.25) is 17.7 Å². The van der Waals surface area contributed by atoms with Crippen molar-refractivity contribution in [1.29, 1.82) is 0 Å². The highest BCUT2D eigenvalue weighted by molar-refractivity contribution is 5.70. The van der Waals surface area contributed by atoms with Gasteiger partial charge in [-0.15, -0.1) is 0 Å². The van der Waals surface area contributed by atoms with Crippen LogP contribution in [0.5, 0.6) is 0 Å². The summed E-state index contributed by atoms with van der Waals surface area (Å²) in [4.78, 5) is 49.6. The van der Waals surface area contributed by atoms with Crippen molar-refractivity contribution in [2.75, 3.05) is 17.2 Å². The molecule has 0 radical (unpaired) electrons. The van der Waals surface area contributed by atoms with Crippen LogP contribution < -0.4 is 21.8 Å². The summed E-state index contributed by atoms with van der Waals surface area (Å²) in [6.45, 7) is -0.973. The second kappa shape index (κ2) is 8.78. The normalized spacial score (nSPS) is 15.8. The fourth-order valence-corrected chi connectivity index (χ4v) is 3.11. The number of hydrogen-bond donors (Lipinski definition) is 12. The van der Waals surface area contributed by atoms with Gasteiger partial charge in [0.25, 0.3) is 11.1 Å². The van der Waals surface area contributed by atoms with Gasteiger partial charge in [0.15, 0.2) is 28.4 Å². The lowest BCUT2D eigenvalue weighted by molar-refractivity contribution is -0.157. The molecular formula is C16H20N10O8. The number of nitrogens with one attached hydrogen (secondary N) is 6. The highest BCUT2D eigenvalue weighted by Crippen LogP contribution is 2.21. The van der Waals surface area contributed by atoms with Crippen LogP contribution in [0.15, 0.2) is 22.2 Å². The van der Waals surface area contributed by atoms with E-state index >= 15 is 0 Å². The van der Waals surface area contributed by atoms with Crippen molar-refractivity contribution in [3.05, 3.63) is 33.4 Å². The van der Waals surface area contributed by atoms with Gasteiger partial charge >= 0.3 is 0 Å². The van der Waals surface area contributed by atoms with Gasteiger partial charge in [0.05, 0.1) is 19.3 Å². The number of imidazole rings is 2. The molecule has 4 aromatic heterocycles. The molecule has 0 unspecified atom stereocenters. The average molecular weight is 480 g/mol. The van der Waals surface area contributed by atoms with Crippen molar-refractivity contribution in [1.82, 2.24) is 39.9 Å². The van der Waals surface area contributed by atoms with Crippen LogP contribution in [0.4, 0.5) is 11.9 Å². The van der Waals surface area contributed by atoms with Gasteiger partial charge in [0.1, 0.15) is 18.3 Å². The fraction of sp³-hybridized carbons (Fsp3) is 0.375. The Bertz CT molecular complexity index is 1320. The first-order valence-corrected chi connectivity index (χ1v) is 9.61. The number of aliphatic hydroxyl groups excluding tert-OH is 5. The molecule has 4 rings (SSSR count). The number of anilines is 2. The number of fused-ring (bicyclic) bond motifs is 2. The third-order valence-corrected chi connectivity index (χ3v) is 4.89. The molecule has 18 heteroatoms. The van der Waals surface area contributed by atoms with Crippen molar-refractivity contribution in [2.45, 2.75) is 30.3 Å². The summed E-state index contributed by atoms with van der Waals surface area (Å²) >= 11 is 0. The summed E-state index contributed by atoms with van der Waals surface area (Å²) < 4.78 is 0. The van der Waals surface area contributed by atoms with Gasteiger partial charge < -0.3 is 51.2 Å². The second-order valence-corrected chi connectivity index (χ2v) is 7.22. The minimum Gasteiger partial charge on any atom is -0.394 e. The molecule has 0 aliphatic carbocycles. The first-order valence-electron chi connectivity index (χ1n) is 9.61. The quantitative estimate of drug-likeness (QED) is 0.100. The summed E-state index contributed by atoms with van der Waals surface area (Å²) in [6.07, 6.45) is -6.31. The molecule has 18 nitrogen and oxygen atoms in total. The molecule has 0 amide bonds. The Balaban J connectivity index is 1.74. The lowest BCUT2D eigenvalue weighted by Crippen LogP contribution is -2.63. The Hall–Kier alpha value is -3.94. The number of aliphatic hydroxyl groups is 6. The van der Waals surface area contributed by atoms with E-state index in [4.69, 9.17) is 5.11 Å². The first kappa shape index (κ1) is 23.2. The summed E-state index contributed by atoms with van der Waals surface area (Å²) in [5.41, 5.74) is -1.52. The van der Waals surface area contributed by atoms with E-state index < -0.39 is 59.9 Å². The summed E-state index contributed by atoms with van der Waals surface area (Å²) in [6, 6.07) is 0. The monoisotopic (exact) mass is 480 g/mol. The van der Waals surface area contributed by atoms with E-state index in [1.54, 1.807) is 0 Å². The Morgan fingerprint density at radius 2 is 1.32 bits per heavy atom. The van der Waals surface area contributed by atoms with Crippen molar-refractivity contribution < 1.29 is 30.6 Å². The summed E-state index contributed by atoms with van der Waals surface area (Å²) in [5, 5.41) is 65.4. The smallest absolute Gasteiger partial charge is 0.278 e. The minimum absolute atomic E-state index is 0.0131. The van der Waals surface area contributed by atoms with Crippen LogP contribution in [0.2, 0.25) is 0 Å². The number of nitrogens with zero attached hydrogens (tertiary/aromatic N) is 4. The van der Waals surface area contributed by atoms with E-state index in [2.05, 4.69) is 50.5 Å². The molecule has 182 valence electrons. The highest BCUT2D eigenvalue weighted by atomic mass is 16.4. The van der Waals surface area contributed by atoms with Gasteiger partial charge in [-0.05, 0) is 0 Å². The third kappa shape index (κ3) is 4.19. The van der Waals surface area contributed by atoms with Gasteiger partial charge in [0, 0.05) is 0 Å². The molecule has 0 saturated heterocycles. The standard InChI is InChI=1S/C16H20N10O8/c27-1-4(28)7(29)8(30)9(31)16(34,25-14-21-10-5(12(32)23-14)17-2-19-10)26-15-22-11-6(13(33)24-15)18-3-20-11/h2-4,7-9,27-31,34H,1H2,(H3,17,19,21,23,25,32)(H3,18,20,22,24,26,33)/t4-,7+,8+,9-/m1/s1. The summed E-state index contributed by atoms with van der Waals surface area (Å²) in [7, 11) is 0. The molecule has 0 aromatic carbocycles. The van der Waals surface area contributed by atoms with Crippen molar-refractivity contribution in [3.8, 4) is 0 Å². The van der Waals surface area contributed by atoms with Crippen molar-refractivity contribution in [2.24, 2.45) is 0 Å². The molecular weight excluding hydrogens is 460 g/mol. The predicted molar refractivity (Wildman–Crippen MR) is 112 cm³/mol. The molecule has 4 atom stereocenters. The Kier molecular flexibility index (Phi) is 6.00. The molecule has 0 bridgehead atoms. The van der Waals surface area contributed by atoms with Crippen LogP contribution in [0.1, 0.15) is 0 Å². The molecule has 4 heterocycles. The van der Waals surface area contributed by atoms with Crippen LogP contribution in [0.25, 0.3) is 22.3 Å². The largest absolute Gasteiger partial charge is 0.394 e. The zero-order valence-electron chi connectivity index (χ0n) is 17.0. The van der Waals surface area contributed by atoms with Crippen LogP contribution >= 0.6 is 0 Å². The summed E-state index contributed by atoms with van der Waals surface area (Å²) in [5.74, 6) is -3.81. The van der Waals surface area contributed by atoms with Gasteiger partial charge in [-0.25, -0.2) is 9.97 Å². The SMILES string of the molecule is O=c1[nH]c(NC(O)(Nc2nc3nc[nH]c3c(=O)[nH]2)[C@H](O)[C@@H](O)[C@@H](O)[C@H](O)CO)nc2nc[nH]c12. The maximum atomic E-state index is 12.2. The predicted octanol–water partition coefficient (Wildman–Crippen LogP) is -4.79. The first-order chi connectivity index (χ1) is 16.1. The lowest BCUT2D eigenvalue weighted by atomic mass is 9.99. The highest BCUT2D eigenvalue weighted by Gasteiger charge is 2.45. The number of aromatic nitrogens is 8. The molecule has 0 aliphatic rings. The van der Waals surface area contributed by atoms with Crippen molar-refractivity contribution in [3.63, 3.8) is 0 Å². The molecule has 0 saturated carbocycles. The van der Waals surface area contributed by atoms with Crippen molar-refractivity contribution >= 4 is 34.2 Å². The lowest BCUT2D eigenvalue weighted by Gasteiger charge is -2.38. The maximum Gasteiger partial charge on any atom is 0.278 e. The van der Waals surface area contributed by atoms with Gasteiger partial charge in [-0.1, -0.05) is 0 Å².